The van der Waals surface area contributed by atoms with Gasteiger partial charge in [-0.05, 0) is 55.1 Å². The van der Waals surface area contributed by atoms with Crippen LogP contribution in [-0.4, -0.2) is 36.6 Å². The number of nitrogens with one attached hydrogen (secondary N) is 1. The summed E-state index contributed by atoms with van der Waals surface area (Å²) in [5, 5.41) is 3.02. The average molecular weight is 502 g/mol. The van der Waals surface area contributed by atoms with Gasteiger partial charge < -0.3 is 19.2 Å². The van der Waals surface area contributed by atoms with Crippen LogP contribution in [-0.2, 0) is 13.2 Å². The monoisotopic (exact) mass is 501 g/mol. The number of nitrogens with zero attached hydrogens (tertiary/aromatic N) is 2. The third kappa shape index (κ3) is 5.87. The molecule has 1 heterocycles. The van der Waals surface area contributed by atoms with E-state index in [1.165, 1.54) is 0 Å². The van der Waals surface area contributed by atoms with Gasteiger partial charge in [0, 0.05) is 11.6 Å². The standard InChI is InChI=1S/C25H22ClF2N3O4/c1-31(12-15-3-6-17(33-2)7-4-15)14-29-25(32)23-18(27)8-10-21(24(23)28)34-13-22-30-19-11-16(26)5-9-20(19)35-22/h3-11H,12-14H2,1-2H3,(H,29,32). The number of halogens is 3. The van der Waals surface area contributed by atoms with Crippen LogP contribution in [0, 0.1) is 11.6 Å². The first-order chi connectivity index (χ1) is 16.8. The van der Waals surface area contributed by atoms with Crippen molar-refractivity contribution in [3.63, 3.8) is 0 Å². The Bertz CT molecular complexity index is 1340. The normalized spacial score (nSPS) is 11.1. The lowest BCUT2D eigenvalue weighted by Crippen LogP contribution is -2.35. The minimum Gasteiger partial charge on any atom is -0.497 e. The number of benzene rings is 3. The Kier molecular flexibility index (Phi) is 7.48. The highest BCUT2D eigenvalue weighted by Crippen LogP contribution is 2.25. The van der Waals surface area contributed by atoms with Gasteiger partial charge in [-0.1, -0.05) is 23.7 Å². The zero-order valence-electron chi connectivity index (χ0n) is 19.0. The minimum absolute atomic E-state index is 0.0697. The predicted molar refractivity (Wildman–Crippen MR) is 127 cm³/mol. The maximum absolute atomic E-state index is 15.0. The van der Waals surface area contributed by atoms with Crippen LogP contribution in [0.2, 0.25) is 5.02 Å². The van der Waals surface area contributed by atoms with Gasteiger partial charge >= 0.3 is 0 Å². The Morgan fingerprint density at radius 1 is 1.14 bits per heavy atom. The van der Waals surface area contributed by atoms with E-state index in [0.29, 0.717) is 22.7 Å². The predicted octanol–water partition coefficient (Wildman–Crippen LogP) is 5.17. The third-order valence-corrected chi connectivity index (χ3v) is 5.38. The largest absolute Gasteiger partial charge is 0.497 e. The number of aromatic nitrogens is 1. The number of fused-ring (bicyclic) bond motifs is 1. The summed E-state index contributed by atoms with van der Waals surface area (Å²) in [4.78, 5) is 18.6. The number of hydrogen-bond donors (Lipinski definition) is 1. The highest BCUT2D eigenvalue weighted by atomic mass is 35.5. The number of hydrogen-bond acceptors (Lipinski definition) is 6. The first-order valence-corrected chi connectivity index (χ1v) is 11.0. The fourth-order valence-electron chi connectivity index (χ4n) is 3.40. The van der Waals surface area contributed by atoms with Gasteiger partial charge in [0.1, 0.15) is 22.6 Å². The van der Waals surface area contributed by atoms with E-state index in [1.807, 2.05) is 24.3 Å². The highest BCUT2D eigenvalue weighted by molar-refractivity contribution is 6.31. The van der Waals surface area contributed by atoms with Crippen LogP contribution in [0.4, 0.5) is 8.78 Å². The summed E-state index contributed by atoms with van der Waals surface area (Å²) in [5.74, 6) is -2.40. The molecule has 0 bridgehead atoms. The van der Waals surface area contributed by atoms with Crippen molar-refractivity contribution in [2.75, 3.05) is 20.8 Å². The molecule has 0 fully saturated rings. The van der Waals surface area contributed by atoms with Gasteiger partial charge in [0.25, 0.3) is 5.91 Å². The van der Waals surface area contributed by atoms with Gasteiger partial charge in [-0.25, -0.2) is 13.8 Å². The topological polar surface area (TPSA) is 76.8 Å². The summed E-state index contributed by atoms with van der Waals surface area (Å²) < 4.78 is 45.4. The van der Waals surface area contributed by atoms with Crippen LogP contribution < -0.4 is 14.8 Å². The van der Waals surface area contributed by atoms with Crippen LogP contribution in [0.3, 0.4) is 0 Å². The molecule has 0 aliphatic carbocycles. The van der Waals surface area contributed by atoms with Gasteiger partial charge in [-0.2, -0.15) is 0 Å². The van der Waals surface area contributed by atoms with Crippen LogP contribution >= 0.6 is 11.6 Å². The summed E-state index contributed by atoms with van der Waals surface area (Å²) in [7, 11) is 3.35. The first-order valence-electron chi connectivity index (χ1n) is 10.6. The van der Waals surface area contributed by atoms with Crippen molar-refractivity contribution in [3.05, 3.63) is 88.3 Å². The van der Waals surface area contributed by atoms with Gasteiger partial charge in [0.2, 0.25) is 5.89 Å². The van der Waals surface area contributed by atoms with Crippen molar-refractivity contribution < 1.29 is 27.5 Å². The van der Waals surface area contributed by atoms with E-state index in [1.54, 1.807) is 37.3 Å². The molecule has 1 aromatic heterocycles. The van der Waals surface area contributed by atoms with Crippen LogP contribution in [0.15, 0.2) is 59.0 Å². The number of oxazole rings is 1. The molecule has 35 heavy (non-hydrogen) atoms. The quantitative estimate of drug-likeness (QED) is 0.319. The molecule has 0 radical (unpaired) electrons. The zero-order chi connectivity index (χ0) is 24.9. The second kappa shape index (κ2) is 10.7. The molecule has 0 atom stereocenters. The van der Waals surface area contributed by atoms with E-state index in [0.717, 1.165) is 23.4 Å². The molecule has 10 heteroatoms. The molecule has 0 saturated heterocycles. The average Bonchev–Trinajstić information content (AvgIpc) is 3.24. The third-order valence-electron chi connectivity index (χ3n) is 5.15. The second-order valence-corrected chi connectivity index (χ2v) is 8.21. The lowest BCUT2D eigenvalue weighted by molar-refractivity contribution is 0.0918. The fourth-order valence-corrected chi connectivity index (χ4v) is 3.56. The summed E-state index contributed by atoms with van der Waals surface area (Å²) >= 11 is 5.94. The number of methoxy groups -OCH3 is 1. The van der Waals surface area contributed by atoms with Crippen molar-refractivity contribution in [2.24, 2.45) is 0 Å². The van der Waals surface area contributed by atoms with Gasteiger partial charge in [0.05, 0.1) is 13.8 Å². The number of carbonyl (C=O) groups excluding carboxylic acids is 1. The zero-order valence-corrected chi connectivity index (χ0v) is 19.7. The van der Waals surface area contributed by atoms with Gasteiger partial charge in [-0.3, -0.25) is 9.69 Å². The molecule has 0 spiro atoms. The summed E-state index contributed by atoms with van der Waals surface area (Å²) in [5.41, 5.74) is 1.27. The van der Waals surface area contributed by atoms with E-state index >= 15 is 0 Å². The summed E-state index contributed by atoms with van der Waals surface area (Å²) in [6.45, 7) is 0.356. The number of amides is 1. The van der Waals surface area contributed by atoms with Crippen molar-refractivity contribution in [3.8, 4) is 11.5 Å². The lowest BCUT2D eigenvalue weighted by atomic mass is 10.1. The molecule has 4 rings (SSSR count). The molecule has 7 nitrogen and oxygen atoms in total. The molecule has 0 aliphatic rings. The molecule has 0 unspecified atom stereocenters. The van der Waals surface area contributed by atoms with Crippen LogP contribution in [0.5, 0.6) is 11.5 Å². The molecule has 3 aromatic carbocycles. The Morgan fingerprint density at radius 2 is 1.91 bits per heavy atom. The summed E-state index contributed by atoms with van der Waals surface area (Å²) in [6.07, 6.45) is 0. The van der Waals surface area contributed by atoms with Crippen LogP contribution in [0.1, 0.15) is 21.8 Å². The van der Waals surface area contributed by atoms with Crippen molar-refractivity contribution in [2.45, 2.75) is 13.2 Å². The van der Waals surface area contributed by atoms with Gasteiger partial charge in [0.15, 0.2) is 23.8 Å². The molecule has 0 saturated carbocycles. The Balaban J connectivity index is 1.38. The van der Waals surface area contributed by atoms with E-state index < -0.39 is 23.1 Å². The lowest BCUT2D eigenvalue weighted by Gasteiger charge is -2.18. The number of ether oxygens (including phenoxy) is 2. The second-order valence-electron chi connectivity index (χ2n) is 7.77. The Labute approximate surface area is 205 Å². The first kappa shape index (κ1) is 24.4. The Hall–Kier alpha value is -3.69. The van der Waals surface area contributed by atoms with Crippen LogP contribution in [0.25, 0.3) is 11.1 Å². The molecule has 182 valence electrons. The van der Waals surface area contributed by atoms with E-state index in [2.05, 4.69) is 10.3 Å². The minimum atomic E-state index is -1.11. The number of carbonyl (C=O) groups is 1. The molecule has 4 aromatic rings. The van der Waals surface area contributed by atoms with E-state index in [9.17, 15) is 13.6 Å². The molecule has 1 amide bonds. The molecular weight excluding hydrogens is 480 g/mol. The Morgan fingerprint density at radius 3 is 2.66 bits per heavy atom. The molecule has 0 aliphatic heterocycles. The van der Waals surface area contributed by atoms with Crippen molar-refractivity contribution in [1.82, 2.24) is 15.2 Å². The van der Waals surface area contributed by atoms with E-state index in [-0.39, 0.29) is 24.9 Å². The maximum atomic E-state index is 15.0. The highest BCUT2D eigenvalue weighted by Gasteiger charge is 2.22. The SMILES string of the molecule is COc1ccc(CN(C)CNC(=O)c2c(F)ccc(OCc3nc4cc(Cl)ccc4o3)c2F)cc1. The smallest absolute Gasteiger partial charge is 0.258 e. The van der Waals surface area contributed by atoms with E-state index in [4.69, 9.17) is 25.5 Å². The summed E-state index contributed by atoms with van der Waals surface area (Å²) in [6, 6.07) is 14.4. The van der Waals surface area contributed by atoms with Gasteiger partial charge in [-0.15, -0.1) is 0 Å². The fraction of sp³-hybridized carbons (Fsp3) is 0.200. The van der Waals surface area contributed by atoms with Crippen molar-refractivity contribution >= 4 is 28.6 Å². The maximum Gasteiger partial charge on any atom is 0.258 e. The molecule has 1 N–H and O–H groups in total. The van der Waals surface area contributed by atoms with Crippen molar-refractivity contribution in [1.29, 1.82) is 0 Å². The number of rotatable bonds is 9. The molecular formula is C25H22ClF2N3O4.